The smallest absolute Gasteiger partial charge is 0.241 e. The lowest BCUT2D eigenvalue weighted by atomic mass is 10.1. The Morgan fingerprint density at radius 2 is 1.93 bits per heavy atom. The van der Waals surface area contributed by atoms with E-state index in [9.17, 15) is 4.79 Å². The highest BCUT2D eigenvalue weighted by molar-refractivity contribution is 9.10. The molecular formula is C19H19BrN4O2S. The molecule has 2 aromatic heterocycles. The number of rotatable bonds is 5. The zero-order chi connectivity index (χ0) is 18.6. The van der Waals surface area contributed by atoms with Crippen LogP contribution >= 0.6 is 27.3 Å². The molecule has 4 rings (SSSR count). The van der Waals surface area contributed by atoms with Gasteiger partial charge >= 0.3 is 0 Å². The summed E-state index contributed by atoms with van der Waals surface area (Å²) < 4.78 is 6.40. The maximum Gasteiger partial charge on any atom is 0.241 e. The molecular weight excluding hydrogens is 428 g/mol. The highest BCUT2D eigenvalue weighted by Gasteiger charge is 2.22. The molecule has 1 fully saturated rings. The van der Waals surface area contributed by atoms with Crippen LogP contribution in [0.2, 0.25) is 0 Å². The average Bonchev–Trinajstić information content (AvgIpc) is 3.36. The number of piperazine rings is 1. The number of nitrogens with zero attached hydrogens (tertiary/aromatic N) is 4. The van der Waals surface area contributed by atoms with Crippen molar-refractivity contribution >= 4 is 33.2 Å². The van der Waals surface area contributed by atoms with Gasteiger partial charge in [-0.05, 0) is 29.1 Å². The van der Waals surface area contributed by atoms with Crippen molar-refractivity contribution in [3.05, 3.63) is 57.7 Å². The van der Waals surface area contributed by atoms with Crippen molar-refractivity contribution in [1.82, 2.24) is 19.9 Å². The van der Waals surface area contributed by atoms with Crippen LogP contribution in [0.1, 0.15) is 11.5 Å². The lowest BCUT2D eigenvalue weighted by Gasteiger charge is -2.34. The number of benzene rings is 1. The Balaban J connectivity index is 1.27. The van der Waals surface area contributed by atoms with Crippen LogP contribution in [0.15, 0.2) is 50.8 Å². The Kier molecular flexibility index (Phi) is 5.66. The van der Waals surface area contributed by atoms with Crippen LogP contribution in [0.25, 0.3) is 10.7 Å². The van der Waals surface area contributed by atoms with Crippen molar-refractivity contribution in [1.29, 1.82) is 0 Å². The van der Waals surface area contributed by atoms with Crippen molar-refractivity contribution in [2.24, 2.45) is 0 Å². The van der Waals surface area contributed by atoms with E-state index in [1.807, 2.05) is 46.7 Å². The third-order valence-electron chi connectivity index (χ3n) is 4.56. The highest BCUT2D eigenvalue weighted by atomic mass is 79.9. The quantitative estimate of drug-likeness (QED) is 0.600. The van der Waals surface area contributed by atoms with Gasteiger partial charge in [-0.2, -0.15) is 4.98 Å². The molecule has 0 atom stereocenters. The molecule has 0 spiro atoms. The summed E-state index contributed by atoms with van der Waals surface area (Å²) in [6.45, 7) is 3.68. The number of carbonyl (C=O) groups excluding carboxylic acids is 1. The first-order valence-electron chi connectivity index (χ1n) is 8.78. The molecule has 1 aromatic carbocycles. The highest BCUT2D eigenvalue weighted by Crippen LogP contribution is 2.21. The van der Waals surface area contributed by atoms with E-state index in [0.717, 1.165) is 41.1 Å². The van der Waals surface area contributed by atoms with Gasteiger partial charge in [0.15, 0.2) is 0 Å². The third kappa shape index (κ3) is 4.63. The average molecular weight is 447 g/mol. The van der Waals surface area contributed by atoms with Crippen molar-refractivity contribution in [3.8, 4) is 10.7 Å². The standard InChI is InChI=1S/C19H19BrN4O2S/c20-15-5-3-14(4-6-15)12-18(25)24-9-7-23(8-10-24)13-17-21-19(22-26-17)16-2-1-11-27-16/h1-6,11H,7-10,12-13H2. The molecule has 0 saturated carbocycles. The fourth-order valence-electron chi connectivity index (χ4n) is 3.06. The van der Waals surface area contributed by atoms with E-state index in [1.54, 1.807) is 11.3 Å². The topological polar surface area (TPSA) is 62.5 Å². The maximum absolute atomic E-state index is 12.5. The van der Waals surface area contributed by atoms with E-state index in [-0.39, 0.29) is 5.91 Å². The molecule has 1 amide bonds. The first-order valence-corrected chi connectivity index (χ1v) is 10.5. The number of carbonyl (C=O) groups is 1. The van der Waals surface area contributed by atoms with Crippen LogP contribution in [0.5, 0.6) is 0 Å². The monoisotopic (exact) mass is 446 g/mol. The van der Waals surface area contributed by atoms with E-state index in [4.69, 9.17) is 4.52 Å². The summed E-state index contributed by atoms with van der Waals surface area (Å²) in [5.74, 6) is 1.44. The van der Waals surface area contributed by atoms with Crippen molar-refractivity contribution in [3.63, 3.8) is 0 Å². The van der Waals surface area contributed by atoms with E-state index in [0.29, 0.717) is 24.7 Å². The number of hydrogen-bond acceptors (Lipinski definition) is 6. The Bertz CT molecular complexity index is 887. The molecule has 0 aliphatic carbocycles. The molecule has 6 nitrogen and oxygen atoms in total. The van der Waals surface area contributed by atoms with Gasteiger partial charge in [0.05, 0.1) is 17.8 Å². The molecule has 0 unspecified atom stereocenters. The van der Waals surface area contributed by atoms with Gasteiger partial charge in [-0.3, -0.25) is 9.69 Å². The van der Waals surface area contributed by atoms with Crippen LogP contribution < -0.4 is 0 Å². The molecule has 8 heteroatoms. The van der Waals surface area contributed by atoms with Gasteiger partial charge in [-0.25, -0.2) is 0 Å². The van der Waals surface area contributed by atoms with Crippen molar-refractivity contribution in [2.45, 2.75) is 13.0 Å². The van der Waals surface area contributed by atoms with Crippen LogP contribution in [-0.4, -0.2) is 52.0 Å². The summed E-state index contributed by atoms with van der Waals surface area (Å²) in [6.07, 6.45) is 0.446. The predicted molar refractivity (Wildman–Crippen MR) is 107 cm³/mol. The van der Waals surface area contributed by atoms with Gasteiger partial charge in [0, 0.05) is 30.7 Å². The summed E-state index contributed by atoms with van der Waals surface area (Å²) in [6, 6.07) is 11.9. The zero-order valence-corrected chi connectivity index (χ0v) is 17.1. The second kappa shape index (κ2) is 8.33. The van der Waals surface area contributed by atoms with E-state index in [2.05, 4.69) is 31.0 Å². The first kappa shape index (κ1) is 18.3. The molecule has 1 aliphatic heterocycles. The summed E-state index contributed by atoms with van der Waals surface area (Å²) in [5, 5.41) is 6.05. The largest absolute Gasteiger partial charge is 0.340 e. The molecule has 3 aromatic rings. The number of hydrogen-bond donors (Lipinski definition) is 0. The van der Waals surface area contributed by atoms with Crippen LogP contribution in [0.3, 0.4) is 0 Å². The second-order valence-corrected chi connectivity index (χ2v) is 8.31. The summed E-state index contributed by atoms with van der Waals surface area (Å²) in [7, 11) is 0. The third-order valence-corrected chi connectivity index (χ3v) is 5.96. The van der Waals surface area contributed by atoms with Gasteiger partial charge in [0.25, 0.3) is 0 Å². The Labute approximate surface area is 169 Å². The molecule has 140 valence electrons. The first-order chi connectivity index (χ1) is 13.2. The van der Waals surface area contributed by atoms with Crippen LogP contribution in [-0.2, 0) is 17.8 Å². The molecule has 27 heavy (non-hydrogen) atoms. The van der Waals surface area contributed by atoms with Crippen molar-refractivity contribution in [2.75, 3.05) is 26.2 Å². The minimum absolute atomic E-state index is 0.176. The normalized spacial score (nSPS) is 15.2. The second-order valence-electron chi connectivity index (χ2n) is 6.45. The Morgan fingerprint density at radius 1 is 1.15 bits per heavy atom. The zero-order valence-electron chi connectivity index (χ0n) is 14.7. The lowest BCUT2D eigenvalue weighted by molar-refractivity contribution is -0.132. The van der Waals surface area contributed by atoms with Crippen LogP contribution in [0, 0.1) is 0 Å². The van der Waals surface area contributed by atoms with Gasteiger partial charge < -0.3 is 9.42 Å². The van der Waals surface area contributed by atoms with E-state index < -0.39 is 0 Å². The van der Waals surface area contributed by atoms with Gasteiger partial charge in [-0.15, -0.1) is 11.3 Å². The van der Waals surface area contributed by atoms with Gasteiger partial charge in [0.1, 0.15) is 0 Å². The summed E-state index contributed by atoms with van der Waals surface area (Å²) in [5.41, 5.74) is 1.04. The number of thiophene rings is 1. The van der Waals surface area contributed by atoms with Gasteiger partial charge in [0.2, 0.25) is 17.6 Å². The predicted octanol–water partition coefficient (Wildman–Crippen LogP) is 3.45. The summed E-state index contributed by atoms with van der Waals surface area (Å²) >= 11 is 5.01. The molecule has 0 N–H and O–H groups in total. The minimum atomic E-state index is 0.176. The summed E-state index contributed by atoms with van der Waals surface area (Å²) in [4.78, 5) is 22.2. The fourth-order valence-corrected chi connectivity index (χ4v) is 3.97. The van der Waals surface area contributed by atoms with E-state index in [1.165, 1.54) is 0 Å². The fraction of sp³-hybridized carbons (Fsp3) is 0.316. The van der Waals surface area contributed by atoms with E-state index >= 15 is 0 Å². The number of halogens is 1. The minimum Gasteiger partial charge on any atom is -0.340 e. The number of amides is 1. The molecule has 0 radical (unpaired) electrons. The van der Waals surface area contributed by atoms with Crippen molar-refractivity contribution < 1.29 is 9.32 Å². The lowest BCUT2D eigenvalue weighted by Crippen LogP contribution is -2.48. The molecule has 3 heterocycles. The molecule has 0 bridgehead atoms. The number of aromatic nitrogens is 2. The van der Waals surface area contributed by atoms with Gasteiger partial charge in [-0.1, -0.05) is 39.3 Å². The molecule has 1 saturated heterocycles. The molecule has 1 aliphatic rings. The van der Waals surface area contributed by atoms with Crippen LogP contribution in [0.4, 0.5) is 0 Å². The maximum atomic E-state index is 12.5. The SMILES string of the molecule is O=C(Cc1ccc(Br)cc1)N1CCN(Cc2nc(-c3cccs3)no2)CC1. The Morgan fingerprint density at radius 3 is 2.63 bits per heavy atom. The Hall–Kier alpha value is -2.03.